The normalized spacial score (nSPS) is 16.4. The molecule has 1 aliphatic heterocycles. The lowest BCUT2D eigenvalue weighted by atomic mass is 9.93. The van der Waals surface area contributed by atoms with Gasteiger partial charge in [0, 0.05) is 10.5 Å². The van der Waals surface area contributed by atoms with Gasteiger partial charge >= 0.3 is 18.3 Å². The third kappa shape index (κ3) is 5.18. The molecule has 1 aliphatic rings. The van der Waals surface area contributed by atoms with Crippen molar-refractivity contribution >= 4 is 34.5 Å². The largest absolute Gasteiger partial charge is 0.480 e. The van der Waals surface area contributed by atoms with Crippen LogP contribution < -0.4 is 5.32 Å². The molecule has 2 aromatic carbocycles. The van der Waals surface area contributed by atoms with Gasteiger partial charge in [-0.15, -0.1) is 0 Å². The van der Waals surface area contributed by atoms with E-state index in [1.807, 2.05) is 5.32 Å². The van der Waals surface area contributed by atoms with Crippen LogP contribution in [0.15, 0.2) is 41.3 Å². The Bertz CT molecular complexity index is 1140. The van der Waals surface area contributed by atoms with Crippen molar-refractivity contribution in [3.63, 3.8) is 0 Å². The van der Waals surface area contributed by atoms with E-state index < -0.39 is 64.3 Å². The standard InChI is InChI=1S/C20H11F6NO5S/c21-19(22,23)10-3-9(4-11(6-10)20(24,25)26)8-1-2-12-13(5-8)33-18(32)15(16(12)30)17(31)27-7-14(28)29/h1-6,15H,7H2,(H,27,31)(H,28,29). The zero-order valence-electron chi connectivity index (χ0n) is 16.0. The van der Waals surface area contributed by atoms with Crippen LogP contribution in [0, 0.1) is 5.92 Å². The molecule has 0 fully saturated rings. The van der Waals surface area contributed by atoms with Crippen LogP contribution in [0.1, 0.15) is 21.5 Å². The number of carboxylic acid groups (broad SMARTS) is 1. The van der Waals surface area contributed by atoms with E-state index in [9.17, 15) is 45.5 Å². The van der Waals surface area contributed by atoms with E-state index in [1.54, 1.807) is 0 Å². The third-order valence-electron chi connectivity index (χ3n) is 4.55. The van der Waals surface area contributed by atoms with Crippen molar-refractivity contribution in [2.75, 3.05) is 6.54 Å². The van der Waals surface area contributed by atoms with Gasteiger partial charge in [-0.1, -0.05) is 6.07 Å². The van der Waals surface area contributed by atoms with Gasteiger partial charge in [0.15, 0.2) is 11.7 Å². The number of hydrogen-bond acceptors (Lipinski definition) is 5. The van der Waals surface area contributed by atoms with Gasteiger partial charge in [-0.05, 0) is 53.2 Å². The lowest BCUT2D eigenvalue weighted by Crippen LogP contribution is -2.42. The Morgan fingerprint density at radius 2 is 1.48 bits per heavy atom. The molecule has 13 heteroatoms. The predicted octanol–water partition coefficient (Wildman–Crippen LogP) is 4.02. The smallest absolute Gasteiger partial charge is 0.416 e. The summed E-state index contributed by atoms with van der Waals surface area (Å²) in [6, 6.07) is 4.25. The highest BCUT2D eigenvalue weighted by Gasteiger charge is 2.41. The van der Waals surface area contributed by atoms with Crippen LogP contribution in [0.3, 0.4) is 0 Å². The number of benzene rings is 2. The quantitative estimate of drug-likeness (QED) is 0.495. The van der Waals surface area contributed by atoms with Crippen LogP contribution in [0.2, 0.25) is 0 Å². The van der Waals surface area contributed by atoms with Gasteiger partial charge in [-0.2, -0.15) is 26.3 Å². The first-order valence-electron chi connectivity index (χ1n) is 8.88. The van der Waals surface area contributed by atoms with Gasteiger partial charge < -0.3 is 10.4 Å². The lowest BCUT2D eigenvalue weighted by Gasteiger charge is -2.21. The highest BCUT2D eigenvalue weighted by atomic mass is 32.2. The summed E-state index contributed by atoms with van der Waals surface area (Å²) in [4.78, 5) is 47.4. The van der Waals surface area contributed by atoms with E-state index in [0.717, 1.165) is 18.2 Å². The average molecular weight is 491 g/mol. The summed E-state index contributed by atoms with van der Waals surface area (Å²) in [6.45, 7) is -0.830. The monoisotopic (exact) mass is 491 g/mol. The topological polar surface area (TPSA) is 101 Å². The molecule has 33 heavy (non-hydrogen) atoms. The molecule has 1 heterocycles. The first-order valence-corrected chi connectivity index (χ1v) is 9.69. The molecule has 1 unspecified atom stereocenters. The number of nitrogens with one attached hydrogen (secondary N) is 1. The van der Waals surface area contributed by atoms with Crippen LogP contribution in [-0.4, -0.2) is 34.4 Å². The molecular weight excluding hydrogens is 480 g/mol. The van der Waals surface area contributed by atoms with Crippen molar-refractivity contribution < 1.29 is 50.6 Å². The maximum absolute atomic E-state index is 13.1. The molecule has 174 valence electrons. The molecule has 3 rings (SSSR count). The molecule has 0 aromatic heterocycles. The van der Waals surface area contributed by atoms with E-state index in [-0.39, 0.29) is 22.1 Å². The summed E-state index contributed by atoms with van der Waals surface area (Å²) in [5, 5.41) is 9.55. The fraction of sp³-hybridized carbons (Fsp3) is 0.200. The number of ketones is 1. The molecule has 0 aliphatic carbocycles. The number of halogens is 6. The van der Waals surface area contributed by atoms with Gasteiger partial charge in [0.1, 0.15) is 6.54 Å². The number of thioether (sulfide) groups is 1. The molecular formula is C20H11F6NO5S. The van der Waals surface area contributed by atoms with Crippen molar-refractivity contribution in [2.45, 2.75) is 17.2 Å². The number of rotatable bonds is 4. The predicted molar refractivity (Wildman–Crippen MR) is 101 cm³/mol. The number of aliphatic carboxylic acids is 1. The number of Topliss-reactive ketones (excluding diaryl/α,β-unsaturated/α-hetero) is 1. The van der Waals surface area contributed by atoms with Crippen LogP contribution in [0.5, 0.6) is 0 Å². The Kier molecular flexibility index (Phi) is 6.29. The number of amides is 1. The number of alkyl halides is 6. The summed E-state index contributed by atoms with van der Waals surface area (Å²) >= 11 is 0.402. The average Bonchev–Trinajstić information content (AvgIpc) is 2.70. The molecule has 1 amide bonds. The molecule has 1 atom stereocenters. The van der Waals surface area contributed by atoms with Crippen molar-refractivity contribution in [1.29, 1.82) is 0 Å². The molecule has 0 spiro atoms. The second-order valence-corrected chi connectivity index (χ2v) is 7.88. The summed E-state index contributed by atoms with van der Waals surface area (Å²) in [5.74, 6) is -5.35. The molecule has 0 saturated heterocycles. The molecule has 2 N–H and O–H groups in total. The zero-order valence-corrected chi connectivity index (χ0v) is 16.8. The first-order chi connectivity index (χ1) is 15.2. The van der Waals surface area contributed by atoms with Crippen molar-refractivity contribution in [2.24, 2.45) is 5.92 Å². The Morgan fingerprint density at radius 3 is 2.00 bits per heavy atom. The van der Waals surface area contributed by atoms with Gasteiger partial charge in [-0.25, -0.2) is 0 Å². The van der Waals surface area contributed by atoms with E-state index in [2.05, 4.69) is 0 Å². The second kappa shape index (κ2) is 8.54. The van der Waals surface area contributed by atoms with Gasteiger partial charge in [0.25, 0.3) is 0 Å². The summed E-state index contributed by atoms with van der Waals surface area (Å²) in [7, 11) is 0. The van der Waals surface area contributed by atoms with Gasteiger partial charge in [0.2, 0.25) is 11.0 Å². The SMILES string of the molecule is O=C(O)CNC(=O)C1C(=O)Sc2cc(-c3cc(C(F)(F)F)cc(C(F)(F)F)c3)ccc2C1=O. The fourth-order valence-electron chi connectivity index (χ4n) is 3.03. The Balaban J connectivity index is 2.02. The number of fused-ring (bicyclic) bond motifs is 1. The number of hydrogen-bond donors (Lipinski definition) is 2. The highest BCUT2D eigenvalue weighted by molar-refractivity contribution is 8.14. The minimum Gasteiger partial charge on any atom is -0.480 e. The van der Waals surface area contributed by atoms with Crippen LogP contribution >= 0.6 is 11.8 Å². The summed E-state index contributed by atoms with van der Waals surface area (Å²) in [6.07, 6.45) is -10.1. The van der Waals surface area contributed by atoms with Crippen molar-refractivity contribution in [1.82, 2.24) is 5.32 Å². The molecule has 6 nitrogen and oxygen atoms in total. The summed E-state index contributed by atoms with van der Waals surface area (Å²) < 4.78 is 78.7. The highest BCUT2D eigenvalue weighted by Crippen LogP contribution is 2.41. The Labute approximate surface area is 185 Å². The van der Waals surface area contributed by atoms with Crippen LogP contribution in [0.25, 0.3) is 11.1 Å². The van der Waals surface area contributed by atoms with Gasteiger partial charge in [-0.3, -0.25) is 19.2 Å². The maximum atomic E-state index is 13.1. The fourth-order valence-corrected chi connectivity index (χ4v) is 4.05. The van der Waals surface area contributed by atoms with E-state index in [1.165, 1.54) is 0 Å². The number of carboxylic acids is 1. The number of carbonyl (C=O) groups is 4. The molecule has 0 saturated carbocycles. The maximum Gasteiger partial charge on any atom is 0.416 e. The number of carbonyl (C=O) groups excluding carboxylic acids is 3. The Hall–Kier alpha value is -3.35. The Morgan fingerprint density at radius 1 is 0.909 bits per heavy atom. The minimum atomic E-state index is -5.05. The van der Waals surface area contributed by atoms with Crippen LogP contribution in [-0.2, 0) is 26.7 Å². The summed E-state index contributed by atoms with van der Waals surface area (Å²) in [5.41, 5.74) is -3.77. The molecule has 2 aromatic rings. The minimum absolute atomic E-state index is 0.0238. The van der Waals surface area contributed by atoms with Crippen molar-refractivity contribution in [3.05, 3.63) is 53.1 Å². The third-order valence-corrected chi connectivity index (χ3v) is 5.55. The first kappa shape index (κ1) is 24.3. The molecule has 0 bridgehead atoms. The van der Waals surface area contributed by atoms with Crippen molar-refractivity contribution in [3.8, 4) is 11.1 Å². The van der Waals surface area contributed by atoms with Gasteiger partial charge in [0.05, 0.1) is 11.1 Å². The lowest BCUT2D eigenvalue weighted by molar-refractivity contribution is -0.143. The van der Waals surface area contributed by atoms with Crippen LogP contribution in [0.4, 0.5) is 26.3 Å². The van der Waals surface area contributed by atoms with E-state index in [4.69, 9.17) is 5.11 Å². The zero-order chi connectivity index (χ0) is 24.7. The van der Waals surface area contributed by atoms with E-state index >= 15 is 0 Å². The van der Waals surface area contributed by atoms with E-state index in [0.29, 0.717) is 23.9 Å². The molecule has 0 radical (unpaired) electrons. The second-order valence-electron chi connectivity index (χ2n) is 6.84.